The molecule has 708 valence electrons. The zero-order chi connectivity index (χ0) is 93.6. The molecular formula is C104H116F2N18O10S2. The normalized spacial score (nSPS) is 26.2. The Morgan fingerprint density at radius 2 is 0.875 bits per heavy atom. The Kier molecular flexibility index (Phi) is 25.1. The van der Waals surface area contributed by atoms with Crippen molar-refractivity contribution in [3.63, 3.8) is 0 Å². The van der Waals surface area contributed by atoms with Crippen molar-refractivity contribution in [2.24, 2.45) is 47.0 Å². The van der Waals surface area contributed by atoms with Gasteiger partial charge in [0.15, 0.2) is 0 Å². The molecule has 12 N–H and O–H groups in total. The molecule has 8 aliphatic heterocycles. The molecule has 4 unspecified atom stereocenters. The van der Waals surface area contributed by atoms with Crippen LogP contribution in [0.5, 0.6) is 23.0 Å². The number of anilines is 6. The van der Waals surface area contributed by atoms with E-state index in [0.29, 0.717) is 154 Å². The molecule has 4 bridgehead atoms. The van der Waals surface area contributed by atoms with Gasteiger partial charge in [0, 0.05) is 171 Å². The van der Waals surface area contributed by atoms with Gasteiger partial charge >= 0.3 is 0 Å². The Morgan fingerprint density at radius 3 is 1.27 bits per heavy atom. The summed E-state index contributed by atoms with van der Waals surface area (Å²) in [6, 6.07) is 31.9. The highest BCUT2D eigenvalue weighted by atomic mass is 32.1. The number of thiophene rings is 2. The van der Waals surface area contributed by atoms with E-state index in [9.17, 15) is 29.7 Å². The summed E-state index contributed by atoms with van der Waals surface area (Å²) in [6.07, 6.45) is 21.3. The number of aryl methyl sites for hydroxylation is 4. The fraction of sp³-hybridized carbons (Fsp3) is 0.481. The predicted molar refractivity (Wildman–Crippen MR) is 519 cm³/mol. The van der Waals surface area contributed by atoms with Gasteiger partial charge < -0.3 is 92.2 Å². The average molecular weight is 1880 g/mol. The van der Waals surface area contributed by atoms with Gasteiger partial charge in [-0.1, -0.05) is 12.1 Å². The number of halogens is 2. The van der Waals surface area contributed by atoms with Crippen LogP contribution in [0.25, 0.3) is 20.4 Å². The fourth-order valence-electron chi connectivity index (χ4n) is 23.6. The number of nitrogens with one attached hydrogen (secondary N) is 4. The molecule has 24 rings (SSSR count). The molecule has 4 saturated heterocycles. The topological polar surface area (TPSA) is 388 Å². The molecule has 10 aromatic rings. The highest BCUT2D eigenvalue weighted by Crippen LogP contribution is 2.56. The lowest BCUT2D eigenvalue weighted by atomic mass is 9.94. The number of ether oxygens (including phenoxy) is 6. The van der Waals surface area contributed by atoms with Gasteiger partial charge in [0.2, 0.25) is 0 Å². The van der Waals surface area contributed by atoms with Crippen molar-refractivity contribution in [2.75, 3.05) is 124 Å². The van der Waals surface area contributed by atoms with Crippen molar-refractivity contribution in [3.05, 3.63) is 197 Å². The van der Waals surface area contributed by atoms with E-state index in [1.807, 2.05) is 62.4 Å². The molecule has 14 aliphatic rings. The number of nitriles is 2. The van der Waals surface area contributed by atoms with Crippen molar-refractivity contribution in [3.8, 4) is 35.1 Å². The van der Waals surface area contributed by atoms with Crippen LogP contribution in [0.15, 0.2) is 97.3 Å². The van der Waals surface area contributed by atoms with Crippen LogP contribution >= 0.6 is 22.7 Å². The zero-order valence-electron chi connectivity index (χ0n) is 77.1. The Labute approximate surface area is 797 Å². The maximum absolute atomic E-state index is 15.6. The molecule has 32 heteroatoms. The Morgan fingerprint density at radius 1 is 0.485 bits per heavy atom. The SMILES string of the molecule is COC[C@@H]1C[C@H](N)CN1c1ccc2c(c1)OC[C@H](NC(=O)c1sc3nc(C)ccc3c1N)C2.COC[C@H]1C[C@@H](N)CN1c1ccc2c(c1)OC[C@H](NC(=O)c1sc3nc(C)ccc3c1N)C2.N#Cc1c(N2CC3CCC(C3)C2)cc2c(c1F)C[C@@H](NC(=O)c1cnc3c(c1)[C@@H]1C[C@@H]1CC3)CO2.N#Cc1c(N2CC3CCC(C3)C2)cc2c(c1F)C[C@@H](NC(=O)c1cnc3c(c1)[C@H]1C[C@H]1CC3)CO2. The van der Waals surface area contributed by atoms with Gasteiger partial charge in [-0.25, -0.2) is 18.7 Å². The molecule has 8 fully saturated rings. The van der Waals surface area contributed by atoms with Crippen LogP contribution in [0.3, 0.4) is 0 Å². The first-order chi connectivity index (χ1) is 66.0. The number of hydrogen-bond donors (Lipinski definition) is 8. The number of fused-ring (bicyclic) bond motifs is 16. The third-order valence-electron chi connectivity index (χ3n) is 30.6. The maximum atomic E-state index is 15.6. The third-order valence-corrected chi connectivity index (χ3v) is 32.8. The molecule has 14 heterocycles. The number of nitrogens with zero attached hydrogens (tertiary/aromatic N) is 10. The number of benzene rings is 4. The third kappa shape index (κ3) is 18.3. The Bertz CT molecular complexity index is 6060. The molecule has 0 radical (unpaired) electrons. The minimum absolute atomic E-state index is 0.0958. The lowest BCUT2D eigenvalue weighted by molar-refractivity contribution is 0.0906. The maximum Gasteiger partial charge on any atom is 0.263 e. The molecule has 4 aromatic carbocycles. The summed E-state index contributed by atoms with van der Waals surface area (Å²) in [4.78, 5) is 81.6. The van der Waals surface area contributed by atoms with E-state index in [2.05, 4.69) is 109 Å². The standard InChI is InChI=1S/2C28H29FN4O2.2C24H29N5O3S/c2*29-27-22-8-19(32-28(34)18-7-21-20-6-17(20)3-4-24(21)31-11-18)14-35-26(22)9-25(23(27)10-30)33-12-15-1-2-16(5-15)13-33;2*1-13-3-6-19-21(26)22(33-24(19)27-13)23(30)28-16-7-14-4-5-17(9-20(14)32-11-16)29-10-15(25)8-18(29)12-31-2/h2*7,9,11,15-17,19-20H,1-6,8,12-14H2,(H,32,34);2*3-6,9,15-16,18H,7-8,10-12,25-26H2,1-2H3,(H,28,30)/t15?,16?,17-,19+,20+;15?,16?,17-,19-,20+;15-,16+,18-;15-,16-,18-/m0101/s1. The fourth-order valence-corrected chi connectivity index (χ4v) is 25.7. The van der Waals surface area contributed by atoms with E-state index in [1.165, 1.54) is 98.0 Å². The van der Waals surface area contributed by atoms with Crippen LogP contribution in [0.4, 0.5) is 42.9 Å². The second kappa shape index (κ2) is 37.8. The number of carbonyl (C=O) groups is 4. The predicted octanol–water partition coefficient (Wildman–Crippen LogP) is 13.2. The number of pyridine rings is 4. The second-order valence-corrected chi connectivity index (χ2v) is 42.2. The summed E-state index contributed by atoms with van der Waals surface area (Å²) < 4.78 is 66.0. The minimum Gasteiger partial charge on any atom is -0.491 e. The van der Waals surface area contributed by atoms with Gasteiger partial charge in [-0.05, 0) is 235 Å². The van der Waals surface area contributed by atoms with Crippen LogP contribution in [-0.4, -0.2) is 185 Å². The van der Waals surface area contributed by atoms with Crippen molar-refractivity contribution in [2.45, 2.75) is 190 Å². The van der Waals surface area contributed by atoms with Crippen molar-refractivity contribution in [1.29, 1.82) is 10.5 Å². The van der Waals surface area contributed by atoms with Gasteiger partial charge in [0.05, 0.1) is 83.3 Å². The zero-order valence-corrected chi connectivity index (χ0v) is 78.8. The van der Waals surface area contributed by atoms with Crippen molar-refractivity contribution in [1.82, 2.24) is 41.2 Å². The molecule has 6 aromatic heterocycles. The van der Waals surface area contributed by atoms with Gasteiger partial charge in [0.25, 0.3) is 23.6 Å². The molecule has 6 aliphatic carbocycles. The number of nitrogen functional groups attached to an aromatic ring is 2. The van der Waals surface area contributed by atoms with Gasteiger partial charge in [-0.3, -0.25) is 29.1 Å². The second-order valence-electron chi connectivity index (χ2n) is 40.2. The van der Waals surface area contributed by atoms with Crippen LogP contribution in [0.1, 0.15) is 196 Å². The van der Waals surface area contributed by atoms with E-state index in [0.717, 1.165) is 154 Å². The number of methoxy groups -OCH3 is 2. The molecule has 136 heavy (non-hydrogen) atoms. The molecule has 0 spiro atoms. The summed E-state index contributed by atoms with van der Waals surface area (Å²) in [5.41, 5.74) is 40.0. The molecular weight excluding hydrogens is 1760 g/mol. The Balaban J connectivity index is 0.000000109. The summed E-state index contributed by atoms with van der Waals surface area (Å²) in [7, 11) is 3.44. The number of nitrogens with two attached hydrogens (primary N) is 4. The Hall–Kier alpha value is -12.0. The first kappa shape index (κ1) is 90.4. The number of hydrogen-bond acceptors (Lipinski definition) is 26. The van der Waals surface area contributed by atoms with E-state index < -0.39 is 11.6 Å². The first-order valence-corrected chi connectivity index (χ1v) is 50.0. The average Bonchev–Trinajstić information content (AvgIpc) is 1.50. The van der Waals surface area contributed by atoms with E-state index >= 15 is 8.78 Å². The first-order valence-electron chi connectivity index (χ1n) is 48.3. The summed E-state index contributed by atoms with van der Waals surface area (Å²) in [5, 5.41) is 33.5. The lowest BCUT2D eigenvalue weighted by Crippen LogP contribution is -2.43. The number of carbonyl (C=O) groups excluding carboxylic acids is 4. The van der Waals surface area contributed by atoms with E-state index in [-0.39, 0.29) is 96.3 Å². The molecule has 4 amide bonds. The van der Waals surface area contributed by atoms with E-state index in [4.69, 9.17) is 51.4 Å². The number of amides is 4. The van der Waals surface area contributed by atoms with Crippen LogP contribution in [0, 0.1) is 83.7 Å². The molecule has 28 nitrogen and oxygen atoms in total. The van der Waals surface area contributed by atoms with Gasteiger partial charge in [-0.15, -0.1) is 22.7 Å². The van der Waals surface area contributed by atoms with Crippen molar-refractivity contribution >= 4 is 101 Å². The number of aromatic nitrogens is 4. The summed E-state index contributed by atoms with van der Waals surface area (Å²) in [5.74, 6) is 6.06. The van der Waals surface area contributed by atoms with Gasteiger partial charge in [-0.2, -0.15) is 10.5 Å². The highest BCUT2D eigenvalue weighted by molar-refractivity contribution is 7.21. The number of rotatable bonds is 16. The molecule has 16 atom stereocenters. The van der Waals surface area contributed by atoms with Gasteiger partial charge in [0.1, 0.15) is 104 Å². The van der Waals surface area contributed by atoms with Crippen molar-refractivity contribution < 1.29 is 56.4 Å². The minimum atomic E-state index is -0.507. The monoisotopic (exact) mass is 1880 g/mol. The summed E-state index contributed by atoms with van der Waals surface area (Å²) >= 11 is 2.65. The number of piperidine rings is 2. The van der Waals surface area contributed by atoms with Crippen LogP contribution in [0.2, 0.25) is 0 Å². The van der Waals surface area contributed by atoms with E-state index in [1.54, 1.807) is 26.6 Å². The summed E-state index contributed by atoms with van der Waals surface area (Å²) in [6.45, 7) is 11.6. The smallest absolute Gasteiger partial charge is 0.263 e. The molecule has 4 saturated carbocycles. The van der Waals surface area contributed by atoms with Crippen LogP contribution in [-0.2, 0) is 48.0 Å². The van der Waals surface area contributed by atoms with Crippen LogP contribution < -0.4 is 82.7 Å². The lowest BCUT2D eigenvalue weighted by Gasteiger charge is -2.35. The highest BCUT2D eigenvalue weighted by Gasteiger charge is 2.46. The largest absolute Gasteiger partial charge is 0.491 e. The quantitative estimate of drug-likeness (QED) is 0.0445.